The summed E-state index contributed by atoms with van der Waals surface area (Å²) in [5, 5.41) is 0.407. The number of hydrogen-bond acceptors (Lipinski definition) is 4. The second-order valence-corrected chi connectivity index (χ2v) is 8.54. The highest BCUT2D eigenvalue weighted by molar-refractivity contribution is 8.18. The molecule has 2 aromatic carbocycles. The van der Waals surface area contributed by atoms with Gasteiger partial charge in [0.1, 0.15) is 6.61 Å². The zero-order chi connectivity index (χ0) is 20.4. The molecule has 0 aromatic heterocycles. The summed E-state index contributed by atoms with van der Waals surface area (Å²) in [7, 11) is 0. The third-order valence-electron chi connectivity index (χ3n) is 4.16. The summed E-state index contributed by atoms with van der Waals surface area (Å²) in [5.41, 5.74) is 2.81. The van der Waals surface area contributed by atoms with E-state index in [1.807, 2.05) is 31.2 Å². The van der Waals surface area contributed by atoms with Crippen molar-refractivity contribution in [2.45, 2.75) is 33.4 Å². The molecular weight excluding hydrogens is 417 g/mol. The molecule has 0 unspecified atom stereocenters. The first-order valence-corrected chi connectivity index (χ1v) is 10.3. The molecule has 0 bridgehead atoms. The van der Waals surface area contributed by atoms with Crippen molar-refractivity contribution in [1.29, 1.82) is 0 Å². The maximum Gasteiger partial charge on any atom is 0.293 e. The van der Waals surface area contributed by atoms with Crippen LogP contribution in [0.25, 0.3) is 6.08 Å². The van der Waals surface area contributed by atoms with Gasteiger partial charge in [0.05, 0.1) is 15.0 Å². The highest BCUT2D eigenvalue weighted by atomic mass is 35.5. The molecule has 0 radical (unpaired) electrons. The van der Waals surface area contributed by atoms with Crippen LogP contribution in [-0.4, -0.2) is 22.1 Å². The Bertz CT molecular complexity index is 932. The Hall–Kier alpha value is -1.95. The second kappa shape index (κ2) is 8.60. The first-order valence-electron chi connectivity index (χ1n) is 8.70. The van der Waals surface area contributed by atoms with Crippen molar-refractivity contribution in [2.24, 2.45) is 0 Å². The van der Waals surface area contributed by atoms with E-state index in [4.69, 9.17) is 27.9 Å². The van der Waals surface area contributed by atoms with Crippen molar-refractivity contribution in [3.63, 3.8) is 0 Å². The number of imide groups is 1. The molecule has 7 heteroatoms. The first kappa shape index (κ1) is 20.8. The topological polar surface area (TPSA) is 46.6 Å². The van der Waals surface area contributed by atoms with Gasteiger partial charge in [-0.15, -0.1) is 0 Å². The van der Waals surface area contributed by atoms with E-state index in [0.29, 0.717) is 32.9 Å². The van der Waals surface area contributed by atoms with E-state index in [2.05, 4.69) is 0 Å². The molecule has 0 spiro atoms. The summed E-state index contributed by atoms with van der Waals surface area (Å²) in [6, 6.07) is 11.1. The normalized spacial score (nSPS) is 15.8. The van der Waals surface area contributed by atoms with Gasteiger partial charge >= 0.3 is 0 Å². The predicted molar refractivity (Wildman–Crippen MR) is 115 cm³/mol. The highest BCUT2D eigenvalue weighted by Crippen LogP contribution is 2.38. The summed E-state index contributed by atoms with van der Waals surface area (Å²) >= 11 is 13.6. The SMILES string of the molecule is Cc1ccc(COc2c(Cl)cc(/C=C3/SC(=O)N(C(C)C)C3=O)cc2Cl)cc1. The lowest BCUT2D eigenvalue weighted by molar-refractivity contribution is -0.123. The Balaban J connectivity index is 1.79. The summed E-state index contributed by atoms with van der Waals surface area (Å²) in [6.45, 7) is 5.96. The number of carbonyl (C=O) groups excluding carboxylic acids is 2. The average Bonchev–Trinajstić information content (AvgIpc) is 2.89. The van der Waals surface area contributed by atoms with Gasteiger partial charge in [0.2, 0.25) is 0 Å². The minimum absolute atomic E-state index is 0.192. The third-order valence-corrected chi connectivity index (χ3v) is 5.61. The van der Waals surface area contributed by atoms with Crippen LogP contribution in [0.4, 0.5) is 4.79 Å². The Kier molecular flexibility index (Phi) is 6.38. The molecule has 146 valence electrons. The summed E-state index contributed by atoms with van der Waals surface area (Å²) in [6.07, 6.45) is 1.62. The van der Waals surface area contributed by atoms with Gasteiger partial charge in [-0.25, -0.2) is 0 Å². The molecule has 4 nitrogen and oxygen atoms in total. The van der Waals surface area contributed by atoms with Gasteiger partial charge in [0, 0.05) is 6.04 Å². The van der Waals surface area contributed by atoms with Crippen LogP contribution in [0, 0.1) is 6.92 Å². The lowest BCUT2D eigenvalue weighted by Crippen LogP contribution is -2.34. The fraction of sp³-hybridized carbons (Fsp3) is 0.238. The maximum atomic E-state index is 12.4. The molecular formula is C21H19Cl2NO3S. The Morgan fingerprint density at radius 2 is 1.71 bits per heavy atom. The van der Waals surface area contributed by atoms with Gasteiger partial charge in [-0.1, -0.05) is 53.0 Å². The third kappa shape index (κ3) is 4.54. The Labute approximate surface area is 178 Å². The van der Waals surface area contributed by atoms with E-state index in [-0.39, 0.29) is 17.2 Å². The van der Waals surface area contributed by atoms with E-state index in [1.54, 1.807) is 32.1 Å². The molecule has 0 atom stereocenters. The summed E-state index contributed by atoms with van der Waals surface area (Å²) < 4.78 is 5.79. The van der Waals surface area contributed by atoms with Gasteiger partial charge in [-0.3, -0.25) is 14.5 Å². The van der Waals surface area contributed by atoms with Crippen molar-refractivity contribution < 1.29 is 14.3 Å². The van der Waals surface area contributed by atoms with Gasteiger partial charge in [-0.05, 0) is 61.9 Å². The van der Waals surface area contributed by atoms with Crippen molar-refractivity contribution in [3.8, 4) is 5.75 Å². The van der Waals surface area contributed by atoms with Crippen LogP contribution >= 0.6 is 35.0 Å². The summed E-state index contributed by atoms with van der Waals surface area (Å²) in [5.74, 6) is 0.0771. The number of carbonyl (C=O) groups is 2. The van der Waals surface area contributed by atoms with E-state index in [1.165, 1.54) is 10.5 Å². The van der Waals surface area contributed by atoms with Gasteiger partial charge in [0.15, 0.2) is 5.75 Å². The quantitative estimate of drug-likeness (QED) is 0.514. The van der Waals surface area contributed by atoms with Crippen molar-refractivity contribution in [3.05, 3.63) is 68.0 Å². The van der Waals surface area contributed by atoms with Crippen LogP contribution in [0.3, 0.4) is 0 Å². The molecule has 1 saturated heterocycles. The van der Waals surface area contributed by atoms with E-state index in [9.17, 15) is 9.59 Å². The average molecular weight is 436 g/mol. The lowest BCUT2D eigenvalue weighted by Gasteiger charge is -2.16. The van der Waals surface area contributed by atoms with Crippen molar-refractivity contribution in [2.75, 3.05) is 0 Å². The van der Waals surface area contributed by atoms with Gasteiger partial charge in [0.25, 0.3) is 11.1 Å². The monoisotopic (exact) mass is 435 g/mol. The molecule has 1 aliphatic heterocycles. The lowest BCUT2D eigenvalue weighted by atomic mass is 10.1. The predicted octanol–water partition coefficient (Wildman–Crippen LogP) is 6.33. The van der Waals surface area contributed by atoms with E-state index in [0.717, 1.165) is 17.3 Å². The number of halogens is 2. The van der Waals surface area contributed by atoms with Crippen molar-refractivity contribution in [1.82, 2.24) is 4.90 Å². The van der Waals surface area contributed by atoms with Crippen LogP contribution in [0.15, 0.2) is 41.3 Å². The second-order valence-electron chi connectivity index (χ2n) is 6.73. The standard InChI is InChI=1S/C21H19Cl2NO3S/c1-12(2)24-20(25)18(28-21(24)26)10-15-8-16(22)19(17(23)9-15)27-11-14-6-4-13(3)5-7-14/h4-10,12H,11H2,1-3H3/b18-10+. The van der Waals surface area contributed by atoms with Crippen LogP contribution < -0.4 is 4.74 Å². The first-order chi connectivity index (χ1) is 13.3. The summed E-state index contributed by atoms with van der Waals surface area (Å²) in [4.78, 5) is 26.0. The van der Waals surface area contributed by atoms with Crippen LogP contribution in [0.5, 0.6) is 5.75 Å². The van der Waals surface area contributed by atoms with Gasteiger partial charge in [-0.2, -0.15) is 0 Å². The zero-order valence-corrected chi connectivity index (χ0v) is 18.0. The smallest absolute Gasteiger partial charge is 0.293 e. The molecule has 2 amide bonds. The molecule has 0 aliphatic carbocycles. The molecule has 0 saturated carbocycles. The van der Waals surface area contributed by atoms with E-state index >= 15 is 0 Å². The Morgan fingerprint density at radius 3 is 2.25 bits per heavy atom. The number of amides is 2. The number of aryl methyl sites for hydroxylation is 1. The van der Waals surface area contributed by atoms with Crippen LogP contribution in [-0.2, 0) is 11.4 Å². The molecule has 28 heavy (non-hydrogen) atoms. The highest BCUT2D eigenvalue weighted by Gasteiger charge is 2.36. The number of benzene rings is 2. The number of nitrogens with zero attached hydrogens (tertiary/aromatic N) is 1. The minimum atomic E-state index is -0.308. The molecule has 1 fully saturated rings. The van der Waals surface area contributed by atoms with Crippen LogP contribution in [0.1, 0.15) is 30.5 Å². The fourth-order valence-corrected chi connectivity index (χ4v) is 4.29. The number of thioether (sulfide) groups is 1. The Morgan fingerprint density at radius 1 is 1.11 bits per heavy atom. The van der Waals surface area contributed by atoms with E-state index < -0.39 is 0 Å². The van der Waals surface area contributed by atoms with Crippen molar-refractivity contribution >= 4 is 52.2 Å². The molecule has 1 aliphatic rings. The molecule has 3 rings (SSSR count). The molecule has 1 heterocycles. The van der Waals surface area contributed by atoms with Gasteiger partial charge < -0.3 is 4.74 Å². The number of hydrogen-bond donors (Lipinski definition) is 0. The number of rotatable bonds is 5. The minimum Gasteiger partial charge on any atom is -0.486 e. The molecule has 0 N–H and O–H groups in total. The zero-order valence-electron chi connectivity index (χ0n) is 15.7. The van der Waals surface area contributed by atoms with Crippen LogP contribution in [0.2, 0.25) is 10.0 Å². The maximum absolute atomic E-state index is 12.4. The molecule has 2 aromatic rings. The largest absolute Gasteiger partial charge is 0.486 e. The number of ether oxygens (including phenoxy) is 1. The fourth-order valence-electron chi connectivity index (χ4n) is 2.72.